The van der Waals surface area contributed by atoms with Crippen LogP contribution >= 0.6 is 0 Å². The van der Waals surface area contributed by atoms with Crippen LogP contribution in [0.25, 0.3) is 0 Å². The molecule has 0 saturated heterocycles. The van der Waals surface area contributed by atoms with Crippen LogP contribution < -0.4 is 0 Å². The van der Waals surface area contributed by atoms with Gasteiger partial charge in [-0.1, -0.05) is 58.8 Å². The maximum atomic E-state index is 12.5. The minimum absolute atomic E-state index is 0.104. The molecule has 12 atom stereocenters. The van der Waals surface area contributed by atoms with Crippen molar-refractivity contribution in [1.29, 1.82) is 0 Å². The summed E-state index contributed by atoms with van der Waals surface area (Å²) in [6.07, 6.45) is 5.32. The van der Waals surface area contributed by atoms with Gasteiger partial charge in [0.2, 0.25) is 0 Å². The second-order valence-corrected chi connectivity index (χ2v) is 16.8. The molecule has 0 spiro atoms. The molecule has 7 heteroatoms. The number of rotatable bonds is 4. The highest BCUT2D eigenvalue weighted by Gasteiger charge is 2.72. The minimum Gasteiger partial charge on any atom is -0.462 e. The van der Waals surface area contributed by atoms with Gasteiger partial charge in [-0.05, 0) is 98.2 Å². The smallest absolute Gasteiger partial charge is 0.330 e. The lowest BCUT2D eigenvalue weighted by atomic mass is 9.33. The van der Waals surface area contributed by atoms with Gasteiger partial charge in [0.25, 0.3) is 0 Å². The fraction of sp³-hybridized carbons (Fsp3) is 0.857. The fourth-order valence-corrected chi connectivity index (χ4v) is 11.4. The van der Waals surface area contributed by atoms with E-state index < -0.39 is 40.7 Å². The lowest BCUT2D eigenvalue weighted by Gasteiger charge is -2.72. The van der Waals surface area contributed by atoms with Crippen molar-refractivity contribution < 1.29 is 35.1 Å². The van der Waals surface area contributed by atoms with E-state index in [4.69, 9.17) is 4.74 Å². The topological polar surface area (TPSA) is 127 Å². The third kappa shape index (κ3) is 4.12. The zero-order valence-electron chi connectivity index (χ0n) is 27.1. The quantitative estimate of drug-likeness (QED) is 0.185. The SMILES string of the molecule is CC(C)=CC(=O)OC[C@]1(C)C2CC[C@]3(C)C(CC=C4C5CC(C)(C)[C@@H](O)[C@H](O)[C@]5(CO)[C@H](O)C[C@]43C)[C@@]2(C)CC[C@@H]1O. The molecule has 4 fully saturated rings. The van der Waals surface area contributed by atoms with Crippen LogP contribution in [0.2, 0.25) is 0 Å². The predicted octanol–water partition coefficient (Wildman–Crippen LogP) is 4.54. The van der Waals surface area contributed by atoms with E-state index in [0.717, 1.165) is 31.3 Å². The maximum absolute atomic E-state index is 12.5. The lowest BCUT2D eigenvalue weighted by molar-refractivity contribution is -0.259. The first-order chi connectivity index (χ1) is 19.3. The summed E-state index contributed by atoms with van der Waals surface area (Å²) in [5, 5.41) is 56.5. The average Bonchev–Trinajstić information content (AvgIpc) is 2.89. The van der Waals surface area contributed by atoms with Crippen molar-refractivity contribution in [1.82, 2.24) is 0 Å². The molecule has 5 N–H and O–H groups in total. The molecule has 5 rings (SSSR count). The standard InChI is InChI=1S/C35H56O7/c1-20(2)15-27(39)42-19-32(6)23-11-14-33(7)24(31(23,5)13-12-25(32)37)10-9-21-22-16-30(3,4)28(40)29(41)35(22,18-36)26(38)17-34(21,33)8/h9,15,22-26,28-29,36-38,40-41H,10-14,16-19H2,1-8H3/t22?,23?,24?,25-,26+,28-,29-,31-,32+,33+,34+,35-/m0/s1. The number of ether oxygens (including phenoxy) is 1. The first kappa shape index (κ1) is 32.2. The van der Waals surface area contributed by atoms with E-state index in [2.05, 4.69) is 33.8 Å². The largest absolute Gasteiger partial charge is 0.462 e. The summed E-state index contributed by atoms with van der Waals surface area (Å²) in [7, 11) is 0. The van der Waals surface area contributed by atoms with E-state index >= 15 is 0 Å². The van der Waals surface area contributed by atoms with Crippen LogP contribution in [0.3, 0.4) is 0 Å². The highest BCUT2D eigenvalue weighted by molar-refractivity contribution is 5.82. The zero-order valence-corrected chi connectivity index (χ0v) is 27.1. The number of esters is 1. The summed E-state index contributed by atoms with van der Waals surface area (Å²) in [4.78, 5) is 12.5. The summed E-state index contributed by atoms with van der Waals surface area (Å²) >= 11 is 0. The molecule has 0 heterocycles. The van der Waals surface area contributed by atoms with Gasteiger partial charge in [-0.2, -0.15) is 0 Å². The van der Waals surface area contributed by atoms with E-state index in [1.807, 2.05) is 27.7 Å². The van der Waals surface area contributed by atoms with Crippen molar-refractivity contribution in [3.63, 3.8) is 0 Å². The predicted molar refractivity (Wildman–Crippen MR) is 161 cm³/mol. The summed E-state index contributed by atoms with van der Waals surface area (Å²) in [5.41, 5.74) is -0.806. The zero-order chi connectivity index (χ0) is 31.3. The van der Waals surface area contributed by atoms with E-state index in [1.165, 1.54) is 11.6 Å². The third-order valence-electron chi connectivity index (χ3n) is 14.1. The molecule has 238 valence electrons. The molecule has 0 aromatic rings. The molecule has 3 unspecified atom stereocenters. The van der Waals surface area contributed by atoms with Crippen molar-refractivity contribution in [2.24, 2.45) is 50.2 Å². The number of aliphatic hydroxyl groups is 5. The van der Waals surface area contributed by atoms with Crippen LogP contribution in [0.5, 0.6) is 0 Å². The molecule has 5 aliphatic rings. The Labute approximate surface area is 252 Å². The van der Waals surface area contributed by atoms with E-state index in [-0.39, 0.29) is 47.3 Å². The number of aliphatic hydroxyl groups excluding tert-OH is 5. The van der Waals surface area contributed by atoms with Gasteiger partial charge in [-0.15, -0.1) is 0 Å². The van der Waals surface area contributed by atoms with Gasteiger partial charge in [-0.25, -0.2) is 4.79 Å². The number of fused-ring (bicyclic) bond motifs is 7. The number of carbonyl (C=O) groups is 1. The number of hydrogen-bond donors (Lipinski definition) is 5. The van der Waals surface area contributed by atoms with Crippen LogP contribution in [-0.4, -0.2) is 69.1 Å². The Kier molecular flexibility index (Phi) is 7.76. The molecule has 0 aromatic carbocycles. The summed E-state index contributed by atoms with van der Waals surface area (Å²) in [6, 6.07) is 0. The number of allylic oxidation sites excluding steroid dienone is 3. The van der Waals surface area contributed by atoms with Gasteiger partial charge >= 0.3 is 5.97 Å². The van der Waals surface area contributed by atoms with Crippen molar-refractivity contribution in [3.05, 3.63) is 23.3 Å². The average molecular weight is 589 g/mol. The number of hydrogen-bond acceptors (Lipinski definition) is 7. The van der Waals surface area contributed by atoms with Gasteiger partial charge < -0.3 is 30.3 Å². The summed E-state index contributed by atoms with van der Waals surface area (Å²) in [5.74, 6) is -0.138. The van der Waals surface area contributed by atoms with E-state index in [1.54, 1.807) is 0 Å². The van der Waals surface area contributed by atoms with Crippen molar-refractivity contribution in [3.8, 4) is 0 Å². The van der Waals surface area contributed by atoms with Gasteiger partial charge in [0.15, 0.2) is 0 Å². The van der Waals surface area contributed by atoms with Gasteiger partial charge in [-0.3, -0.25) is 0 Å². The third-order valence-corrected chi connectivity index (χ3v) is 14.1. The molecule has 5 aliphatic carbocycles. The first-order valence-electron chi connectivity index (χ1n) is 16.2. The monoisotopic (exact) mass is 588 g/mol. The summed E-state index contributed by atoms with van der Waals surface area (Å²) in [6.45, 7) is 16.7. The van der Waals surface area contributed by atoms with Crippen LogP contribution in [0, 0.1) is 50.2 Å². The molecule has 7 nitrogen and oxygen atoms in total. The highest BCUT2D eigenvalue weighted by atomic mass is 16.5. The Morgan fingerprint density at radius 1 is 0.929 bits per heavy atom. The molecule has 0 aliphatic heterocycles. The van der Waals surface area contributed by atoms with Crippen LogP contribution in [0.1, 0.15) is 100 Å². The maximum Gasteiger partial charge on any atom is 0.330 e. The molecule has 0 amide bonds. The van der Waals surface area contributed by atoms with Gasteiger partial charge in [0, 0.05) is 11.5 Å². The van der Waals surface area contributed by atoms with Crippen molar-refractivity contribution in [2.75, 3.05) is 13.2 Å². The fourth-order valence-electron chi connectivity index (χ4n) is 11.4. The van der Waals surface area contributed by atoms with Crippen LogP contribution in [-0.2, 0) is 9.53 Å². The molecular weight excluding hydrogens is 532 g/mol. The molecule has 0 bridgehead atoms. The Morgan fingerprint density at radius 2 is 1.60 bits per heavy atom. The molecule has 4 saturated carbocycles. The van der Waals surface area contributed by atoms with Crippen LogP contribution in [0.4, 0.5) is 0 Å². The molecule has 0 radical (unpaired) electrons. The minimum atomic E-state index is -1.22. The second-order valence-electron chi connectivity index (χ2n) is 16.8. The van der Waals surface area contributed by atoms with Gasteiger partial charge in [0.05, 0.1) is 43.0 Å². The summed E-state index contributed by atoms with van der Waals surface area (Å²) < 4.78 is 5.77. The molecular formula is C35H56O7. The normalized spacial score (nSPS) is 51.2. The number of carbonyl (C=O) groups excluding carboxylic acids is 1. The molecule has 42 heavy (non-hydrogen) atoms. The molecule has 0 aromatic heterocycles. The lowest BCUT2D eigenvalue weighted by Crippen LogP contribution is -2.71. The highest BCUT2D eigenvalue weighted by Crippen LogP contribution is 2.75. The van der Waals surface area contributed by atoms with Gasteiger partial charge in [0.1, 0.15) is 0 Å². The Balaban J connectivity index is 1.54. The van der Waals surface area contributed by atoms with E-state index in [9.17, 15) is 30.3 Å². The Morgan fingerprint density at radius 3 is 2.21 bits per heavy atom. The Bertz CT molecular complexity index is 1160. The van der Waals surface area contributed by atoms with E-state index in [0.29, 0.717) is 25.2 Å². The second kappa shape index (κ2) is 10.1. The van der Waals surface area contributed by atoms with Crippen molar-refractivity contribution in [2.45, 2.75) is 125 Å². The first-order valence-corrected chi connectivity index (χ1v) is 16.2. The van der Waals surface area contributed by atoms with Crippen molar-refractivity contribution >= 4 is 5.97 Å². The Hall–Kier alpha value is -1.25. The van der Waals surface area contributed by atoms with Crippen LogP contribution in [0.15, 0.2) is 23.3 Å².